The van der Waals surface area contributed by atoms with Crippen molar-refractivity contribution in [3.05, 3.63) is 59.2 Å². The molecule has 21 heavy (non-hydrogen) atoms. The average molecular weight is 281 g/mol. The molecular weight excluding hydrogens is 262 g/mol. The van der Waals surface area contributed by atoms with Crippen LogP contribution in [-0.2, 0) is 6.54 Å². The highest BCUT2D eigenvalue weighted by Gasteiger charge is 2.14. The van der Waals surface area contributed by atoms with Crippen LogP contribution < -0.4 is 5.73 Å². The van der Waals surface area contributed by atoms with Crippen molar-refractivity contribution in [1.29, 1.82) is 0 Å². The molecule has 0 saturated carbocycles. The van der Waals surface area contributed by atoms with E-state index in [0.29, 0.717) is 12.2 Å². The summed E-state index contributed by atoms with van der Waals surface area (Å²) in [7, 11) is 0. The number of hydrogen-bond donors (Lipinski definition) is 1. The molecule has 0 aliphatic heterocycles. The minimum atomic E-state index is 0.673. The lowest BCUT2D eigenvalue weighted by Crippen LogP contribution is -2.00. The van der Waals surface area contributed by atoms with Crippen molar-refractivity contribution >= 4 is 5.69 Å². The molecular formula is C17H19N3O. The van der Waals surface area contributed by atoms with Crippen molar-refractivity contribution < 1.29 is 4.42 Å². The second kappa shape index (κ2) is 5.13. The minimum Gasteiger partial charge on any atom is -0.466 e. The summed E-state index contributed by atoms with van der Waals surface area (Å²) >= 11 is 0. The number of hydrogen-bond acceptors (Lipinski definition) is 3. The second-order valence-electron chi connectivity index (χ2n) is 5.45. The van der Waals surface area contributed by atoms with E-state index in [1.807, 2.05) is 30.8 Å². The summed E-state index contributed by atoms with van der Waals surface area (Å²) in [6.07, 6.45) is 1.87. The van der Waals surface area contributed by atoms with Crippen molar-refractivity contribution in [3.63, 3.8) is 0 Å². The molecule has 0 spiro atoms. The van der Waals surface area contributed by atoms with Crippen LogP contribution in [0.5, 0.6) is 0 Å². The van der Waals surface area contributed by atoms with Crippen LogP contribution in [0.15, 0.2) is 40.9 Å². The fraction of sp³-hybridized carbons (Fsp3) is 0.235. The van der Waals surface area contributed by atoms with Crippen LogP contribution >= 0.6 is 0 Å². The minimum absolute atomic E-state index is 0.673. The third-order valence-corrected chi connectivity index (χ3v) is 3.51. The van der Waals surface area contributed by atoms with Crippen LogP contribution in [0.3, 0.4) is 0 Å². The number of furan rings is 1. The Hall–Kier alpha value is -2.49. The molecule has 0 aliphatic rings. The second-order valence-corrected chi connectivity index (χ2v) is 5.45. The normalized spacial score (nSPS) is 11.0. The molecule has 0 atom stereocenters. The summed E-state index contributed by atoms with van der Waals surface area (Å²) in [6, 6.07) is 10.4. The van der Waals surface area contributed by atoms with Crippen LogP contribution in [-0.4, -0.2) is 9.78 Å². The number of aromatic nitrogens is 2. The van der Waals surface area contributed by atoms with Gasteiger partial charge in [0.25, 0.3) is 0 Å². The highest BCUT2D eigenvalue weighted by Crippen LogP contribution is 2.29. The Morgan fingerprint density at radius 2 is 2.00 bits per heavy atom. The molecule has 2 heterocycles. The molecule has 4 nitrogen and oxygen atoms in total. The highest BCUT2D eigenvalue weighted by atomic mass is 16.3. The Bertz CT molecular complexity index is 783. The Morgan fingerprint density at radius 3 is 2.67 bits per heavy atom. The first-order valence-electron chi connectivity index (χ1n) is 6.99. The van der Waals surface area contributed by atoms with Gasteiger partial charge in [0.2, 0.25) is 0 Å². The first-order chi connectivity index (χ1) is 10.0. The monoisotopic (exact) mass is 281 g/mol. The molecule has 0 bridgehead atoms. The largest absolute Gasteiger partial charge is 0.466 e. The van der Waals surface area contributed by atoms with Gasteiger partial charge in [0.1, 0.15) is 17.2 Å². The Morgan fingerprint density at radius 1 is 1.19 bits per heavy atom. The summed E-state index contributed by atoms with van der Waals surface area (Å²) in [6.45, 7) is 6.66. The first kappa shape index (κ1) is 13.5. The van der Waals surface area contributed by atoms with E-state index in [1.54, 1.807) is 0 Å². The van der Waals surface area contributed by atoms with E-state index in [-0.39, 0.29) is 0 Å². The summed E-state index contributed by atoms with van der Waals surface area (Å²) in [5.74, 6) is 1.72. The molecule has 2 N–H and O–H groups in total. The third kappa shape index (κ3) is 2.70. The van der Waals surface area contributed by atoms with Gasteiger partial charge in [-0.3, -0.25) is 4.68 Å². The van der Waals surface area contributed by atoms with E-state index < -0.39 is 0 Å². The van der Waals surface area contributed by atoms with E-state index in [2.05, 4.69) is 36.3 Å². The van der Waals surface area contributed by atoms with Crippen LogP contribution in [0.25, 0.3) is 11.3 Å². The van der Waals surface area contributed by atoms with Gasteiger partial charge in [-0.15, -0.1) is 0 Å². The lowest BCUT2D eigenvalue weighted by molar-refractivity contribution is 0.505. The van der Waals surface area contributed by atoms with Gasteiger partial charge in [-0.1, -0.05) is 29.8 Å². The van der Waals surface area contributed by atoms with Crippen molar-refractivity contribution in [2.45, 2.75) is 27.3 Å². The molecule has 0 amide bonds. The summed E-state index contributed by atoms with van der Waals surface area (Å²) in [5, 5.41) is 4.61. The van der Waals surface area contributed by atoms with Gasteiger partial charge in [0.05, 0.1) is 12.2 Å². The highest BCUT2D eigenvalue weighted by molar-refractivity contribution is 5.73. The van der Waals surface area contributed by atoms with E-state index in [4.69, 9.17) is 10.2 Å². The number of anilines is 1. The maximum atomic E-state index is 6.11. The standard InChI is InChI=1S/C17H19N3O/c1-11-5-4-6-14(7-11)9-20-10-16(18)17(19-20)15-8-12(2)21-13(15)3/h4-8,10H,9,18H2,1-3H3. The Balaban J connectivity index is 1.93. The van der Waals surface area contributed by atoms with Crippen LogP contribution in [0.4, 0.5) is 5.69 Å². The number of nitrogens with zero attached hydrogens (tertiary/aromatic N) is 2. The lowest BCUT2D eigenvalue weighted by atomic mass is 10.1. The summed E-state index contributed by atoms with van der Waals surface area (Å²) in [5.41, 5.74) is 11.0. The van der Waals surface area contributed by atoms with E-state index in [1.165, 1.54) is 11.1 Å². The number of nitrogen functional groups attached to an aromatic ring is 1. The predicted octanol–water partition coefficient (Wildman–Crippen LogP) is 3.70. The summed E-state index contributed by atoms with van der Waals surface area (Å²) in [4.78, 5) is 0. The van der Waals surface area contributed by atoms with Crippen molar-refractivity contribution in [2.24, 2.45) is 0 Å². The van der Waals surface area contributed by atoms with E-state index in [0.717, 1.165) is 22.8 Å². The molecule has 3 aromatic rings. The number of aryl methyl sites for hydroxylation is 3. The SMILES string of the molecule is Cc1cccc(Cn2cc(N)c(-c3cc(C)oc3C)n2)c1. The smallest absolute Gasteiger partial charge is 0.119 e. The number of rotatable bonds is 3. The zero-order valence-electron chi connectivity index (χ0n) is 12.6. The Labute approximate surface area is 124 Å². The fourth-order valence-corrected chi connectivity index (χ4v) is 2.59. The van der Waals surface area contributed by atoms with Crippen molar-refractivity contribution in [1.82, 2.24) is 9.78 Å². The van der Waals surface area contributed by atoms with Gasteiger partial charge < -0.3 is 10.2 Å². The maximum absolute atomic E-state index is 6.11. The molecule has 0 saturated heterocycles. The van der Waals surface area contributed by atoms with E-state index >= 15 is 0 Å². The molecule has 0 radical (unpaired) electrons. The van der Waals surface area contributed by atoms with Gasteiger partial charge in [0.15, 0.2) is 0 Å². The molecule has 3 rings (SSSR count). The molecule has 108 valence electrons. The zero-order valence-corrected chi connectivity index (χ0v) is 12.6. The number of nitrogens with two attached hydrogens (primary N) is 1. The quantitative estimate of drug-likeness (QED) is 0.796. The summed E-state index contributed by atoms with van der Waals surface area (Å²) < 4.78 is 7.44. The lowest BCUT2D eigenvalue weighted by Gasteiger charge is -2.02. The molecule has 0 fully saturated rings. The molecule has 0 unspecified atom stereocenters. The van der Waals surface area contributed by atoms with Gasteiger partial charge >= 0.3 is 0 Å². The predicted molar refractivity (Wildman–Crippen MR) is 84.1 cm³/mol. The molecule has 0 aliphatic carbocycles. The van der Waals surface area contributed by atoms with Gasteiger partial charge in [-0.05, 0) is 32.4 Å². The van der Waals surface area contributed by atoms with Gasteiger partial charge in [0, 0.05) is 11.8 Å². The van der Waals surface area contributed by atoms with Gasteiger partial charge in [-0.25, -0.2) is 0 Å². The third-order valence-electron chi connectivity index (χ3n) is 3.51. The topological polar surface area (TPSA) is 57.0 Å². The molecule has 4 heteroatoms. The fourth-order valence-electron chi connectivity index (χ4n) is 2.59. The van der Waals surface area contributed by atoms with Crippen LogP contribution in [0.2, 0.25) is 0 Å². The van der Waals surface area contributed by atoms with Crippen LogP contribution in [0.1, 0.15) is 22.6 Å². The first-order valence-corrected chi connectivity index (χ1v) is 6.99. The van der Waals surface area contributed by atoms with Gasteiger partial charge in [-0.2, -0.15) is 5.10 Å². The van der Waals surface area contributed by atoms with Crippen LogP contribution in [0, 0.1) is 20.8 Å². The Kier molecular flexibility index (Phi) is 3.29. The number of benzene rings is 1. The molecule has 2 aromatic heterocycles. The zero-order chi connectivity index (χ0) is 15.0. The van der Waals surface area contributed by atoms with Crippen molar-refractivity contribution in [3.8, 4) is 11.3 Å². The molecule has 1 aromatic carbocycles. The van der Waals surface area contributed by atoms with Crippen molar-refractivity contribution in [2.75, 3.05) is 5.73 Å². The average Bonchev–Trinajstić information content (AvgIpc) is 2.92. The maximum Gasteiger partial charge on any atom is 0.119 e. The van der Waals surface area contributed by atoms with E-state index in [9.17, 15) is 0 Å².